The van der Waals surface area contributed by atoms with Gasteiger partial charge in [0.15, 0.2) is 12.4 Å². The molecule has 1 N–H and O–H groups in total. The molecule has 1 heterocycles. The molecule has 0 radical (unpaired) electrons. The topological polar surface area (TPSA) is 36.5 Å². The summed E-state index contributed by atoms with van der Waals surface area (Å²) < 4.78 is 2.17. The monoisotopic (exact) mass is 370 g/mol. The van der Waals surface area contributed by atoms with Crippen LogP contribution >= 0.6 is 0 Å². The maximum absolute atomic E-state index is 8.54. The van der Waals surface area contributed by atoms with Gasteiger partial charge in [-0.1, -0.05) is 63.4 Å². The number of aromatic nitrogens is 1. The first kappa shape index (κ1) is 21.1. The van der Waals surface area contributed by atoms with Crippen LogP contribution in [0.3, 0.4) is 0 Å². The molecule has 0 spiro atoms. The fraction of sp³-hybridized carbons (Fsp3) is 0.667. The molecule has 4 heteroatoms. The summed E-state index contributed by atoms with van der Waals surface area (Å²) in [5, 5.41) is 11.6. The molecule has 0 aliphatic heterocycles. The SMILES string of the molecule is CCCCCCCCCCCC[n+]1cccc(/C=N\O)c1.[Br-]. The quantitative estimate of drug-likeness (QED) is 0.196. The van der Waals surface area contributed by atoms with Crippen molar-refractivity contribution in [3.63, 3.8) is 0 Å². The molecule has 0 saturated carbocycles. The Labute approximate surface area is 146 Å². The number of unbranched alkanes of at least 4 members (excludes halogenated alkanes) is 9. The van der Waals surface area contributed by atoms with Gasteiger partial charge in [0.05, 0.1) is 11.8 Å². The third-order valence-corrected chi connectivity index (χ3v) is 3.86. The van der Waals surface area contributed by atoms with E-state index in [4.69, 9.17) is 5.21 Å². The smallest absolute Gasteiger partial charge is 0.177 e. The summed E-state index contributed by atoms with van der Waals surface area (Å²) in [4.78, 5) is 0. The molecule has 0 bridgehead atoms. The molecule has 3 nitrogen and oxygen atoms in total. The minimum absolute atomic E-state index is 0. The zero-order chi connectivity index (χ0) is 15.2. The molecule has 0 aliphatic rings. The highest BCUT2D eigenvalue weighted by molar-refractivity contribution is 5.77. The first-order chi connectivity index (χ1) is 10.4. The van der Waals surface area contributed by atoms with Gasteiger partial charge in [-0.3, -0.25) is 0 Å². The Balaban J connectivity index is 0.00000441. The summed E-state index contributed by atoms with van der Waals surface area (Å²) in [6.07, 6.45) is 19.2. The number of hydrogen-bond acceptors (Lipinski definition) is 2. The first-order valence-corrected chi connectivity index (χ1v) is 8.53. The zero-order valence-corrected chi connectivity index (χ0v) is 15.5. The van der Waals surface area contributed by atoms with Crippen molar-refractivity contribution in [2.24, 2.45) is 5.16 Å². The van der Waals surface area contributed by atoms with Gasteiger partial charge in [0, 0.05) is 12.5 Å². The Kier molecular flexibility index (Phi) is 14.4. The normalized spacial score (nSPS) is 10.8. The largest absolute Gasteiger partial charge is 1.00 e. The summed E-state index contributed by atoms with van der Waals surface area (Å²) >= 11 is 0. The van der Waals surface area contributed by atoms with E-state index < -0.39 is 0 Å². The van der Waals surface area contributed by atoms with Gasteiger partial charge >= 0.3 is 0 Å². The summed E-state index contributed by atoms with van der Waals surface area (Å²) in [6, 6.07) is 3.93. The Morgan fingerprint density at radius 2 is 1.59 bits per heavy atom. The van der Waals surface area contributed by atoms with Gasteiger partial charge in [-0.15, -0.1) is 0 Å². The van der Waals surface area contributed by atoms with Crippen LogP contribution in [0.5, 0.6) is 0 Å². The molecule has 0 fully saturated rings. The van der Waals surface area contributed by atoms with Crippen LogP contribution in [0.1, 0.15) is 76.7 Å². The summed E-state index contributed by atoms with van der Waals surface area (Å²) in [5.41, 5.74) is 0.937. The predicted molar refractivity (Wildman–Crippen MR) is 87.9 cm³/mol. The van der Waals surface area contributed by atoms with Crippen LogP contribution in [0.2, 0.25) is 0 Å². The molecule has 1 aromatic heterocycles. The van der Waals surface area contributed by atoms with Gasteiger partial charge in [-0.2, -0.15) is 0 Å². The highest BCUT2D eigenvalue weighted by Crippen LogP contribution is 2.10. The fourth-order valence-corrected chi connectivity index (χ4v) is 2.61. The first-order valence-electron chi connectivity index (χ1n) is 8.53. The third-order valence-electron chi connectivity index (χ3n) is 3.86. The Morgan fingerprint density at radius 3 is 2.18 bits per heavy atom. The van der Waals surface area contributed by atoms with Crippen molar-refractivity contribution in [2.75, 3.05) is 0 Å². The van der Waals surface area contributed by atoms with E-state index in [1.807, 2.05) is 18.3 Å². The molecule has 22 heavy (non-hydrogen) atoms. The second kappa shape index (κ2) is 15.0. The molecule has 0 atom stereocenters. The number of nitrogens with zero attached hydrogens (tertiary/aromatic N) is 2. The number of pyridine rings is 1. The number of rotatable bonds is 12. The van der Waals surface area contributed by atoms with Crippen LogP contribution in [-0.4, -0.2) is 11.4 Å². The predicted octanol–water partition coefficient (Wildman–Crippen LogP) is 1.71. The van der Waals surface area contributed by atoms with Crippen molar-refractivity contribution in [1.82, 2.24) is 0 Å². The van der Waals surface area contributed by atoms with E-state index in [9.17, 15) is 0 Å². The molecule has 1 aromatic rings. The maximum Gasteiger partial charge on any atom is 0.177 e. The molecule has 0 unspecified atom stereocenters. The van der Waals surface area contributed by atoms with E-state index in [-0.39, 0.29) is 17.0 Å². The zero-order valence-electron chi connectivity index (χ0n) is 13.9. The van der Waals surface area contributed by atoms with E-state index in [0.29, 0.717) is 0 Å². The van der Waals surface area contributed by atoms with E-state index in [2.05, 4.69) is 22.8 Å². The lowest BCUT2D eigenvalue weighted by Gasteiger charge is -2.01. The van der Waals surface area contributed by atoms with Crippen molar-refractivity contribution in [3.05, 3.63) is 30.1 Å². The minimum atomic E-state index is 0. The molecule has 0 saturated heterocycles. The van der Waals surface area contributed by atoms with Crippen molar-refractivity contribution in [3.8, 4) is 0 Å². The van der Waals surface area contributed by atoms with Crippen molar-refractivity contribution in [1.29, 1.82) is 0 Å². The Morgan fingerprint density at radius 1 is 1.00 bits per heavy atom. The summed E-state index contributed by atoms with van der Waals surface area (Å²) in [5.74, 6) is 0. The molecule has 1 rings (SSSR count). The van der Waals surface area contributed by atoms with E-state index in [1.165, 1.54) is 70.4 Å². The average molecular weight is 371 g/mol. The van der Waals surface area contributed by atoms with Gasteiger partial charge in [0.2, 0.25) is 0 Å². The number of halogens is 1. The van der Waals surface area contributed by atoms with Crippen LogP contribution in [0, 0.1) is 0 Å². The minimum Gasteiger partial charge on any atom is -1.00 e. The lowest BCUT2D eigenvalue weighted by atomic mass is 10.1. The van der Waals surface area contributed by atoms with Crippen LogP contribution in [0.4, 0.5) is 0 Å². The Bertz CT molecular complexity index is 396. The van der Waals surface area contributed by atoms with Gasteiger partial charge < -0.3 is 22.2 Å². The van der Waals surface area contributed by atoms with Crippen LogP contribution in [-0.2, 0) is 6.54 Å². The highest BCUT2D eigenvalue weighted by Gasteiger charge is 2.01. The Hall–Kier alpha value is -0.900. The fourth-order valence-electron chi connectivity index (χ4n) is 2.61. The van der Waals surface area contributed by atoms with Gasteiger partial charge in [-0.25, -0.2) is 4.57 Å². The lowest BCUT2D eigenvalue weighted by Crippen LogP contribution is -3.00. The van der Waals surface area contributed by atoms with Crippen LogP contribution in [0.25, 0.3) is 0 Å². The van der Waals surface area contributed by atoms with E-state index >= 15 is 0 Å². The maximum atomic E-state index is 8.54. The van der Waals surface area contributed by atoms with Crippen LogP contribution in [0.15, 0.2) is 29.7 Å². The standard InChI is InChI=1S/C18H30N2O.BrH/c1-2-3-4-5-6-7-8-9-10-11-14-20-15-12-13-18(17-20)16-19-21;/h12-13,15-17H,2-11,14H2,1H3;1H/b19-16-;. The highest BCUT2D eigenvalue weighted by atomic mass is 79.9. The van der Waals surface area contributed by atoms with Gasteiger partial charge in [-0.05, 0) is 12.5 Å². The van der Waals surface area contributed by atoms with Crippen molar-refractivity contribution >= 4 is 6.21 Å². The number of oxime groups is 1. The van der Waals surface area contributed by atoms with Crippen molar-refractivity contribution < 1.29 is 26.8 Å². The molecule has 0 aromatic carbocycles. The molecular weight excluding hydrogens is 340 g/mol. The third kappa shape index (κ3) is 10.8. The van der Waals surface area contributed by atoms with Crippen molar-refractivity contribution in [2.45, 2.75) is 77.7 Å². The summed E-state index contributed by atoms with van der Waals surface area (Å²) in [6.45, 7) is 3.31. The second-order valence-corrected chi connectivity index (χ2v) is 5.80. The summed E-state index contributed by atoms with van der Waals surface area (Å²) in [7, 11) is 0. The number of hydrogen-bond donors (Lipinski definition) is 1. The van der Waals surface area contributed by atoms with Gasteiger partial charge in [0.25, 0.3) is 0 Å². The number of aryl methyl sites for hydroxylation is 1. The molecular formula is C18H31BrN2O. The molecule has 0 aliphatic carbocycles. The lowest BCUT2D eigenvalue weighted by molar-refractivity contribution is -0.697. The average Bonchev–Trinajstić information content (AvgIpc) is 2.50. The molecule has 126 valence electrons. The van der Waals surface area contributed by atoms with E-state index in [0.717, 1.165) is 12.1 Å². The molecule has 0 amide bonds. The second-order valence-electron chi connectivity index (χ2n) is 5.80. The van der Waals surface area contributed by atoms with Gasteiger partial charge in [0.1, 0.15) is 6.54 Å². The van der Waals surface area contributed by atoms with Crippen LogP contribution < -0.4 is 21.5 Å². The van der Waals surface area contributed by atoms with E-state index in [1.54, 1.807) is 0 Å².